The zero-order valence-electron chi connectivity index (χ0n) is 14.1. The van der Waals surface area contributed by atoms with Gasteiger partial charge in [0.15, 0.2) is 6.61 Å². The Kier molecular flexibility index (Phi) is 7.62. The van der Waals surface area contributed by atoms with E-state index in [4.69, 9.17) is 9.47 Å². The predicted octanol–water partition coefficient (Wildman–Crippen LogP) is 3.64. The van der Waals surface area contributed by atoms with Gasteiger partial charge in [-0.3, -0.25) is 19.7 Å². The highest BCUT2D eigenvalue weighted by atomic mass is 79.9. The molecule has 0 aliphatic heterocycles. The van der Waals surface area contributed by atoms with Crippen LogP contribution < -0.4 is 10.1 Å². The molecule has 142 valence electrons. The quantitative estimate of drug-likeness (QED) is 0.280. The maximum absolute atomic E-state index is 11.9. The molecule has 0 aliphatic rings. The number of nitrogens with one attached hydrogen (secondary N) is 1. The Morgan fingerprint density at radius 2 is 1.93 bits per heavy atom. The minimum Gasteiger partial charge on any atom is -0.494 e. The number of nitrogens with zero attached hydrogens (tertiary/aromatic N) is 1. The smallest absolute Gasteiger partial charge is 0.316 e. The third-order valence-electron chi connectivity index (χ3n) is 3.20. The highest BCUT2D eigenvalue weighted by Gasteiger charge is 2.14. The number of ether oxygens (including phenoxy) is 2. The van der Waals surface area contributed by atoms with Crippen molar-refractivity contribution in [3.63, 3.8) is 0 Å². The fraction of sp³-hybridized carbons (Fsp3) is 0.176. The van der Waals surface area contributed by atoms with Gasteiger partial charge >= 0.3 is 5.97 Å². The second-order valence-electron chi connectivity index (χ2n) is 5.09. The number of anilines is 1. The Hall–Kier alpha value is -2.59. The van der Waals surface area contributed by atoms with Gasteiger partial charge < -0.3 is 14.8 Å². The number of rotatable bonds is 8. The lowest BCUT2D eigenvalue weighted by atomic mass is 10.2. The molecular weight excluding hydrogens is 440 g/mol. The molecule has 2 rings (SSSR count). The molecule has 10 heteroatoms. The molecule has 0 saturated heterocycles. The van der Waals surface area contributed by atoms with E-state index in [-0.39, 0.29) is 22.9 Å². The molecule has 0 aliphatic carbocycles. The first-order chi connectivity index (χ1) is 12.9. The summed E-state index contributed by atoms with van der Waals surface area (Å²) in [6, 6.07) is 11.2. The summed E-state index contributed by atoms with van der Waals surface area (Å²) in [6.45, 7) is -0.472. The molecule has 0 atom stereocenters. The van der Waals surface area contributed by atoms with Crippen LogP contribution in [0.15, 0.2) is 51.8 Å². The largest absolute Gasteiger partial charge is 0.494 e. The SMILES string of the molecule is COc1cc([N+](=O)[O-])ccc1NC(=O)COC(=O)CSc1ccc(Br)cc1. The standard InChI is InChI=1S/C17H15BrN2O6S/c1-25-15-8-12(20(23)24)4-7-14(15)19-16(21)9-26-17(22)10-27-13-5-2-11(18)3-6-13/h2-8H,9-10H2,1H3,(H,19,21). The van der Waals surface area contributed by atoms with E-state index in [9.17, 15) is 19.7 Å². The number of amides is 1. The number of halogens is 1. The number of nitro benzene ring substituents is 1. The molecule has 0 fully saturated rings. The van der Waals surface area contributed by atoms with Gasteiger partial charge in [-0.05, 0) is 30.3 Å². The molecule has 0 unspecified atom stereocenters. The minimum atomic E-state index is -0.579. The van der Waals surface area contributed by atoms with Crippen LogP contribution in [0, 0.1) is 10.1 Å². The lowest BCUT2D eigenvalue weighted by Crippen LogP contribution is -2.21. The third kappa shape index (κ3) is 6.57. The normalized spacial score (nSPS) is 10.1. The highest BCUT2D eigenvalue weighted by molar-refractivity contribution is 9.10. The topological polar surface area (TPSA) is 108 Å². The summed E-state index contributed by atoms with van der Waals surface area (Å²) in [5.74, 6) is -0.914. The molecule has 0 saturated carbocycles. The fourth-order valence-corrected chi connectivity index (χ4v) is 2.90. The lowest BCUT2D eigenvalue weighted by Gasteiger charge is -2.10. The molecule has 8 nitrogen and oxygen atoms in total. The van der Waals surface area contributed by atoms with Crippen LogP contribution in [-0.2, 0) is 14.3 Å². The molecule has 0 spiro atoms. The summed E-state index contributed by atoms with van der Waals surface area (Å²) in [7, 11) is 1.33. The summed E-state index contributed by atoms with van der Waals surface area (Å²) < 4.78 is 10.9. The number of benzene rings is 2. The molecule has 0 aromatic heterocycles. The number of hydrogen-bond acceptors (Lipinski definition) is 7. The molecule has 0 bridgehead atoms. The summed E-state index contributed by atoms with van der Waals surface area (Å²) in [5.41, 5.74) is 0.0784. The van der Waals surface area contributed by atoms with Crippen LogP contribution in [0.2, 0.25) is 0 Å². The van der Waals surface area contributed by atoms with Crippen molar-refractivity contribution in [3.8, 4) is 5.75 Å². The van der Waals surface area contributed by atoms with Crippen molar-refractivity contribution in [3.05, 3.63) is 57.1 Å². The van der Waals surface area contributed by atoms with Gasteiger partial charge in [-0.15, -0.1) is 11.8 Å². The molecule has 0 radical (unpaired) electrons. The van der Waals surface area contributed by atoms with Gasteiger partial charge in [-0.1, -0.05) is 15.9 Å². The van der Waals surface area contributed by atoms with Gasteiger partial charge in [0.25, 0.3) is 11.6 Å². The monoisotopic (exact) mass is 454 g/mol. The number of nitro groups is 1. The van der Waals surface area contributed by atoms with Gasteiger partial charge in [-0.2, -0.15) is 0 Å². The van der Waals surface area contributed by atoms with Crippen LogP contribution in [0.4, 0.5) is 11.4 Å². The maximum atomic E-state index is 11.9. The van der Waals surface area contributed by atoms with Crippen molar-refractivity contribution in [2.75, 3.05) is 24.8 Å². The van der Waals surface area contributed by atoms with Crippen molar-refractivity contribution in [2.24, 2.45) is 0 Å². The number of esters is 1. The lowest BCUT2D eigenvalue weighted by molar-refractivity contribution is -0.384. The Morgan fingerprint density at radius 1 is 1.22 bits per heavy atom. The van der Waals surface area contributed by atoms with E-state index in [0.29, 0.717) is 0 Å². The Bertz CT molecular complexity index is 844. The minimum absolute atomic E-state index is 0.0652. The summed E-state index contributed by atoms with van der Waals surface area (Å²) in [5, 5.41) is 13.2. The number of hydrogen-bond donors (Lipinski definition) is 1. The van der Waals surface area contributed by atoms with E-state index in [1.165, 1.54) is 37.1 Å². The Labute approximate surface area is 167 Å². The average molecular weight is 455 g/mol. The molecule has 27 heavy (non-hydrogen) atoms. The Balaban J connectivity index is 1.82. The second kappa shape index (κ2) is 9.93. The van der Waals surface area contributed by atoms with Gasteiger partial charge in [0.05, 0.1) is 29.5 Å². The van der Waals surface area contributed by atoms with E-state index >= 15 is 0 Å². The van der Waals surface area contributed by atoms with E-state index in [1.54, 1.807) is 0 Å². The highest BCUT2D eigenvalue weighted by Crippen LogP contribution is 2.29. The van der Waals surface area contributed by atoms with Crippen LogP contribution in [0.3, 0.4) is 0 Å². The number of non-ortho nitro benzene ring substituents is 1. The number of methoxy groups -OCH3 is 1. The van der Waals surface area contributed by atoms with Crippen LogP contribution in [0.5, 0.6) is 5.75 Å². The van der Waals surface area contributed by atoms with E-state index < -0.39 is 23.4 Å². The Morgan fingerprint density at radius 3 is 2.56 bits per heavy atom. The summed E-state index contributed by atoms with van der Waals surface area (Å²) in [6.07, 6.45) is 0. The van der Waals surface area contributed by atoms with Crippen LogP contribution >= 0.6 is 27.7 Å². The third-order valence-corrected chi connectivity index (χ3v) is 4.72. The van der Waals surface area contributed by atoms with E-state index in [0.717, 1.165) is 9.37 Å². The first kappa shape index (κ1) is 20.7. The second-order valence-corrected chi connectivity index (χ2v) is 7.06. The fourth-order valence-electron chi connectivity index (χ4n) is 1.94. The van der Waals surface area contributed by atoms with Crippen LogP contribution in [-0.4, -0.2) is 36.3 Å². The predicted molar refractivity (Wildman–Crippen MR) is 104 cm³/mol. The maximum Gasteiger partial charge on any atom is 0.316 e. The van der Waals surface area contributed by atoms with Gasteiger partial charge in [0.1, 0.15) is 5.75 Å². The molecule has 0 heterocycles. The summed E-state index contributed by atoms with van der Waals surface area (Å²) in [4.78, 5) is 34.8. The van der Waals surface area contributed by atoms with Crippen molar-refractivity contribution in [2.45, 2.75) is 4.90 Å². The first-order valence-electron chi connectivity index (χ1n) is 7.55. The van der Waals surface area contributed by atoms with Gasteiger partial charge in [-0.25, -0.2) is 0 Å². The molecule has 2 aromatic carbocycles. The average Bonchev–Trinajstić information content (AvgIpc) is 2.66. The number of carbonyl (C=O) groups excluding carboxylic acids is 2. The van der Waals surface area contributed by atoms with Gasteiger partial charge in [0.2, 0.25) is 0 Å². The van der Waals surface area contributed by atoms with Gasteiger partial charge in [0, 0.05) is 15.4 Å². The zero-order chi connectivity index (χ0) is 19.8. The van der Waals surface area contributed by atoms with Crippen LogP contribution in [0.1, 0.15) is 0 Å². The number of thioether (sulfide) groups is 1. The van der Waals surface area contributed by atoms with Crippen molar-refractivity contribution < 1.29 is 24.0 Å². The van der Waals surface area contributed by atoms with Crippen molar-refractivity contribution >= 4 is 50.9 Å². The number of carbonyl (C=O) groups is 2. The first-order valence-corrected chi connectivity index (χ1v) is 9.33. The van der Waals surface area contributed by atoms with Crippen molar-refractivity contribution in [1.29, 1.82) is 0 Å². The molecule has 2 aromatic rings. The molecular formula is C17H15BrN2O6S. The van der Waals surface area contributed by atoms with E-state index in [1.807, 2.05) is 24.3 Å². The van der Waals surface area contributed by atoms with Crippen LogP contribution in [0.25, 0.3) is 0 Å². The molecule has 1 amide bonds. The molecule has 1 N–H and O–H groups in total. The van der Waals surface area contributed by atoms with Crippen molar-refractivity contribution in [1.82, 2.24) is 0 Å². The zero-order valence-corrected chi connectivity index (χ0v) is 16.5. The van der Waals surface area contributed by atoms with E-state index in [2.05, 4.69) is 21.2 Å². The summed E-state index contributed by atoms with van der Waals surface area (Å²) >= 11 is 4.62.